The molecule has 0 amide bonds. The first-order valence-electron chi connectivity index (χ1n) is 5.06. The number of aliphatic hydroxyl groups is 1. The minimum Gasteiger partial charge on any atom is -0.388 e. The van der Waals surface area contributed by atoms with Crippen molar-refractivity contribution in [2.24, 2.45) is 0 Å². The molecule has 1 aromatic rings. The number of aliphatic hydroxyl groups excluding tert-OH is 1. The third-order valence-corrected chi connectivity index (χ3v) is 2.10. The van der Waals surface area contributed by atoms with E-state index in [9.17, 15) is 13.9 Å². The molecule has 1 unspecified atom stereocenters. The highest BCUT2D eigenvalue weighted by Gasteiger charge is 2.08. The van der Waals surface area contributed by atoms with E-state index in [2.05, 4.69) is 9.72 Å². The van der Waals surface area contributed by atoms with E-state index in [0.29, 0.717) is 5.56 Å². The summed E-state index contributed by atoms with van der Waals surface area (Å²) in [4.78, 5) is 4.04. The summed E-state index contributed by atoms with van der Waals surface area (Å²) in [6, 6.07) is 3.55. The van der Waals surface area contributed by atoms with Gasteiger partial charge in [0.1, 0.15) is 6.61 Å². The van der Waals surface area contributed by atoms with Gasteiger partial charge < -0.3 is 9.84 Å². The van der Waals surface area contributed by atoms with Gasteiger partial charge in [-0.25, -0.2) is 8.78 Å². The molecule has 0 aliphatic rings. The Morgan fingerprint density at radius 1 is 1.44 bits per heavy atom. The number of nitrogens with zero attached hydrogens (tertiary/aromatic N) is 1. The van der Waals surface area contributed by atoms with Crippen molar-refractivity contribution < 1.29 is 18.6 Å². The lowest BCUT2D eigenvalue weighted by Gasteiger charge is -2.10. The maximum absolute atomic E-state index is 11.7. The Morgan fingerprint density at radius 2 is 2.19 bits per heavy atom. The van der Waals surface area contributed by atoms with Crippen molar-refractivity contribution in [2.45, 2.75) is 25.9 Å². The van der Waals surface area contributed by atoms with Crippen LogP contribution in [0.25, 0.3) is 0 Å². The molecule has 1 N–H and O–H groups in total. The zero-order valence-electron chi connectivity index (χ0n) is 9.07. The van der Waals surface area contributed by atoms with Crippen molar-refractivity contribution in [1.29, 1.82) is 0 Å². The van der Waals surface area contributed by atoms with Crippen LogP contribution in [0.4, 0.5) is 8.78 Å². The molecule has 0 aliphatic heterocycles. The average molecular weight is 231 g/mol. The number of alkyl halides is 2. The fraction of sp³-hybridized carbons (Fsp3) is 0.545. The quantitative estimate of drug-likeness (QED) is 0.762. The minimum absolute atomic E-state index is 0.110. The van der Waals surface area contributed by atoms with E-state index in [1.165, 1.54) is 0 Å². The highest BCUT2D eigenvalue weighted by atomic mass is 19.3. The van der Waals surface area contributed by atoms with E-state index >= 15 is 0 Å². The van der Waals surface area contributed by atoms with Crippen LogP contribution in [0, 0.1) is 6.92 Å². The summed E-state index contributed by atoms with van der Waals surface area (Å²) in [6.45, 7) is 1.38. The standard InChI is InChI=1S/C11H15F2NO2/c1-8-2-3-9(6-14-8)10(15)4-5-16-7-11(12)13/h2-3,6,10-11,15H,4-5,7H2,1H3. The van der Waals surface area contributed by atoms with Crippen LogP contribution in [0.15, 0.2) is 18.3 Å². The summed E-state index contributed by atoms with van der Waals surface area (Å²) in [5.41, 5.74) is 1.54. The molecular weight excluding hydrogens is 216 g/mol. The zero-order chi connectivity index (χ0) is 12.0. The van der Waals surface area contributed by atoms with E-state index < -0.39 is 19.1 Å². The second kappa shape index (κ2) is 6.50. The fourth-order valence-electron chi connectivity index (χ4n) is 1.21. The molecule has 0 saturated heterocycles. The van der Waals surface area contributed by atoms with Crippen molar-refractivity contribution in [3.05, 3.63) is 29.6 Å². The predicted octanol–water partition coefficient (Wildman–Crippen LogP) is 2.10. The number of aryl methyl sites for hydroxylation is 1. The molecule has 16 heavy (non-hydrogen) atoms. The summed E-state index contributed by atoms with van der Waals surface area (Å²) in [6.07, 6.45) is -1.31. The monoisotopic (exact) mass is 231 g/mol. The average Bonchev–Trinajstić information content (AvgIpc) is 2.25. The Hall–Kier alpha value is -1.07. The molecule has 0 spiro atoms. The normalized spacial score (nSPS) is 13.1. The summed E-state index contributed by atoms with van der Waals surface area (Å²) in [5, 5.41) is 9.67. The first-order chi connectivity index (χ1) is 7.59. The van der Waals surface area contributed by atoms with Crippen LogP contribution in [0.1, 0.15) is 23.8 Å². The Bertz CT molecular complexity index is 303. The van der Waals surface area contributed by atoms with Gasteiger partial charge in [0.25, 0.3) is 6.43 Å². The van der Waals surface area contributed by atoms with E-state index in [0.717, 1.165) is 5.69 Å². The van der Waals surface area contributed by atoms with Gasteiger partial charge >= 0.3 is 0 Å². The second-order valence-electron chi connectivity index (χ2n) is 3.50. The third-order valence-electron chi connectivity index (χ3n) is 2.10. The van der Waals surface area contributed by atoms with Crippen LogP contribution in [-0.4, -0.2) is 29.7 Å². The number of halogens is 2. The fourth-order valence-corrected chi connectivity index (χ4v) is 1.21. The van der Waals surface area contributed by atoms with Gasteiger partial charge in [-0.15, -0.1) is 0 Å². The lowest BCUT2D eigenvalue weighted by Crippen LogP contribution is -2.08. The number of hydrogen-bond acceptors (Lipinski definition) is 3. The van der Waals surface area contributed by atoms with Crippen molar-refractivity contribution in [3.8, 4) is 0 Å². The Morgan fingerprint density at radius 3 is 2.75 bits per heavy atom. The molecule has 1 rings (SSSR count). The van der Waals surface area contributed by atoms with Gasteiger partial charge in [-0.1, -0.05) is 6.07 Å². The maximum atomic E-state index is 11.7. The van der Waals surface area contributed by atoms with E-state index in [4.69, 9.17) is 0 Å². The smallest absolute Gasteiger partial charge is 0.261 e. The largest absolute Gasteiger partial charge is 0.388 e. The molecule has 0 aromatic carbocycles. The van der Waals surface area contributed by atoms with Gasteiger partial charge in [0, 0.05) is 24.9 Å². The summed E-state index contributed by atoms with van der Waals surface area (Å²) >= 11 is 0. The predicted molar refractivity (Wildman–Crippen MR) is 55.4 cm³/mol. The first kappa shape index (κ1) is 13.0. The molecule has 5 heteroatoms. The molecule has 0 aliphatic carbocycles. The van der Waals surface area contributed by atoms with Gasteiger partial charge in [0.2, 0.25) is 0 Å². The van der Waals surface area contributed by atoms with Crippen LogP contribution in [0.3, 0.4) is 0 Å². The maximum Gasteiger partial charge on any atom is 0.261 e. The number of ether oxygens (including phenoxy) is 1. The number of rotatable bonds is 6. The molecule has 90 valence electrons. The van der Waals surface area contributed by atoms with Gasteiger partial charge in [0.15, 0.2) is 0 Å². The van der Waals surface area contributed by atoms with E-state index in [1.54, 1.807) is 18.3 Å². The first-order valence-corrected chi connectivity index (χ1v) is 5.06. The van der Waals surface area contributed by atoms with Crippen LogP contribution in [0.5, 0.6) is 0 Å². The van der Waals surface area contributed by atoms with Crippen molar-refractivity contribution in [2.75, 3.05) is 13.2 Å². The highest BCUT2D eigenvalue weighted by Crippen LogP contribution is 2.15. The van der Waals surface area contributed by atoms with Crippen LogP contribution in [0.2, 0.25) is 0 Å². The third kappa shape index (κ3) is 4.63. The lowest BCUT2D eigenvalue weighted by molar-refractivity contribution is 0.00478. The lowest BCUT2D eigenvalue weighted by atomic mass is 10.1. The molecule has 0 radical (unpaired) electrons. The molecule has 0 fully saturated rings. The van der Waals surface area contributed by atoms with Crippen molar-refractivity contribution in [1.82, 2.24) is 4.98 Å². The van der Waals surface area contributed by atoms with Crippen LogP contribution < -0.4 is 0 Å². The molecule has 0 saturated carbocycles. The highest BCUT2D eigenvalue weighted by molar-refractivity contribution is 5.15. The molecule has 0 bridgehead atoms. The topological polar surface area (TPSA) is 42.4 Å². The second-order valence-corrected chi connectivity index (χ2v) is 3.50. The molecular formula is C11H15F2NO2. The van der Waals surface area contributed by atoms with E-state index in [1.807, 2.05) is 6.92 Å². The van der Waals surface area contributed by atoms with Crippen molar-refractivity contribution in [3.63, 3.8) is 0 Å². The minimum atomic E-state index is -2.46. The van der Waals surface area contributed by atoms with Gasteiger partial charge in [0.05, 0.1) is 6.10 Å². The van der Waals surface area contributed by atoms with Gasteiger partial charge in [-0.05, 0) is 18.6 Å². The molecule has 1 aromatic heterocycles. The Labute approximate surface area is 93.1 Å². The number of hydrogen-bond donors (Lipinski definition) is 1. The summed E-state index contributed by atoms with van der Waals surface area (Å²) < 4.78 is 28.1. The SMILES string of the molecule is Cc1ccc(C(O)CCOCC(F)F)cn1. The summed E-state index contributed by atoms with van der Waals surface area (Å²) in [7, 11) is 0. The van der Waals surface area contributed by atoms with Crippen LogP contribution >= 0.6 is 0 Å². The zero-order valence-corrected chi connectivity index (χ0v) is 9.07. The molecule has 1 atom stereocenters. The Kier molecular flexibility index (Phi) is 5.28. The van der Waals surface area contributed by atoms with Crippen molar-refractivity contribution >= 4 is 0 Å². The number of pyridine rings is 1. The van der Waals surface area contributed by atoms with Gasteiger partial charge in [-0.3, -0.25) is 4.98 Å². The molecule has 1 heterocycles. The Balaban J connectivity index is 2.29. The number of aromatic nitrogens is 1. The summed E-state index contributed by atoms with van der Waals surface area (Å²) in [5.74, 6) is 0. The van der Waals surface area contributed by atoms with E-state index in [-0.39, 0.29) is 13.0 Å². The van der Waals surface area contributed by atoms with Gasteiger partial charge in [-0.2, -0.15) is 0 Å². The van der Waals surface area contributed by atoms with Crippen LogP contribution in [-0.2, 0) is 4.74 Å². The molecule has 3 nitrogen and oxygen atoms in total.